The highest BCUT2D eigenvalue weighted by molar-refractivity contribution is 4.70. The molecule has 3 nitrogen and oxygen atoms in total. The fourth-order valence-electron chi connectivity index (χ4n) is 1.24. The van der Waals surface area contributed by atoms with Crippen LogP contribution in [0, 0.1) is 0 Å². The van der Waals surface area contributed by atoms with E-state index in [1.54, 1.807) is 0 Å². The molecule has 0 aromatic heterocycles. The van der Waals surface area contributed by atoms with Crippen molar-refractivity contribution in [1.29, 1.82) is 0 Å². The molecule has 0 amide bonds. The molecule has 0 aromatic carbocycles. The minimum absolute atomic E-state index is 0.211. The number of aliphatic hydroxyl groups is 1. The van der Waals surface area contributed by atoms with Gasteiger partial charge in [0.05, 0.1) is 6.61 Å². The molecule has 1 unspecified atom stereocenters. The van der Waals surface area contributed by atoms with Crippen molar-refractivity contribution in [3.05, 3.63) is 0 Å². The average Bonchev–Trinajstić information content (AvgIpc) is 1.98. The van der Waals surface area contributed by atoms with E-state index in [1.165, 1.54) is 0 Å². The number of aliphatic hydroxyl groups excluding tert-OH is 1. The minimum atomic E-state index is 0.211. The van der Waals surface area contributed by atoms with Gasteiger partial charge in [-0.1, -0.05) is 0 Å². The highest BCUT2D eigenvalue weighted by Gasteiger charge is 2.14. The molecule has 0 rings (SSSR count). The second-order valence-electron chi connectivity index (χ2n) is 3.14. The van der Waals surface area contributed by atoms with Crippen LogP contribution in [0.2, 0.25) is 0 Å². The fraction of sp³-hybridized carbons (Fsp3) is 1.00. The summed E-state index contributed by atoms with van der Waals surface area (Å²) in [6, 6.07) is 0.822. The Hall–Kier alpha value is -0.120. The molecular formula is C8H20N2O. The first-order valence-corrected chi connectivity index (χ1v) is 4.20. The first kappa shape index (κ1) is 10.9. The molecule has 11 heavy (non-hydrogen) atoms. The van der Waals surface area contributed by atoms with Gasteiger partial charge in [0.25, 0.3) is 0 Å². The van der Waals surface area contributed by atoms with Gasteiger partial charge in [-0.2, -0.15) is 0 Å². The molecule has 0 heterocycles. The molecule has 3 N–H and O–H groups in total. The smallest absolute Gasteiger partial charge is 0.0558 e. The van der Waals surface area contributed by atoms with E-state index in [4.69, 9.17) is 10.8 Å². The minimum Gasteiger partial charge on any atom is -0.395 e. The van der Waals surface area contributed by atoms with E-state index in [0.29, 0.717) is 18.6 Å². The molecule has 1 atom stereocenters. The summed E-state index contributed by atoms with van der Waals surface area (Å²) >= 11 is 0. The maximum Gasteiger partial charge on any atom is 0.0558 e. The van der Waals surface area contributed by atoms with Gasteiger partial charge in [-0.3, -0.25) is 4.90 Å². The zero-order valence-electron chi connectivity index (χ0n) is 7.75. The Balaban J connectivity index is 3.87. The molecule has 0 radical (unpaired) electrons. The molecule has 0 aliphatic rings. The SMILES string of the molecule is CC(C)N(CCO)C(C)CN. The molecule has 0 spiro atoms. The number of nitrogens with two attached hydrogens (primary N) is 1. The lowest BCUT2D eigenvalue weighted by molar-refractivity contribution is 0.129. The van der Waals surface area contributed by atoms with Crippen LogP contribution in [0.25, 0.3) is 0 Å². The Morgan fingerprint density at radius 1 is 1.36 bits per heavy atom. The van der Waals surface area contributed by atoms with Gasteiger partial charge >= 0.3 is 0 Å². The average molecular weight is 160 g/mol. The maximum absolute atomic E-state index is 8.75. The van der Waals surface area contributed by atoms with E-state index in [-0.39, 0.29) is 6.61 Å². The van der Waals surface area contributed by atoms with Gasteiger partial charge in [0.1, 0.15) is 0 Å². The topological polar surface area (TPSA) is 49.5 Å². The van der Waals surface area contributed by atoms with Crippen LogP contribution >= 0.6 is 0 Å². The second kappa shape index (κ2) is 5.52. The summed E-state index contributed by atoms with van der Waals surface area (Å²) in [4.78, 5) is 2.19. The Morgan fingerprint density at radius 3 is 2.18 bits per heavy atom. The zero-order chi connectivity index (χ0) is 8.85. The predicted molar refractivity (Wildman–Crippen MR) is 47.4 cm³/mol. The highest BCUT2D eigenvalue weighted by Crippen LogP contribution is 2.02. The van der Waals surface area contributed by atoms with Crippen LogP contribution in [0.5, 0.6) is 0 Å². The van der Waals surface area contributed by atoms with Gasteiger partial charge in [-0.25, -0.2) is 0 Å². The molecule has 68 valence electrons. The lowest BCUT2D eigenvalue weighted by Crippen LogP contribution is -2.44. The van der Waals surface area contributed by atoms with Crippen molar-refractivity contribution in [2.45, 2.75) is 32.9 Å². The lowest BCUT2D eigenvalue weighted by Gasteiger charge is -2.31. The van der Waals surface area contributed by atoms with Crippen molar-refractivity contribution in [1.82, 2.24) is 4.90 Å². The Labute approximate surface area is 69.2 Å². The van der Waals surface area contributed by atoms with Crippen LogP contribution in [-0.4, -0.2) is 41.8 Å². The van der Waals surface area contributed by atoms with E-state index < -0.39 is 0 Å². The molecule has 3 heteroatoms. The Kier molecular flexibility index (Phi) is 5.46. The van der Waals surface area contributed by atoms with Gasteiger partial charge < -0.3 is 10.8 Å². The van der Waals surface area contributed by atoms with Crippen LogP contribution in [0.4, 0.5) is 0 Å². The summed E-state index contributed by atoms with van der Waals surface area (Å²) in [7, 11) is 0. The van der Waals surface area contributed by atoms with Crippen molar-refractivity contribution < 1.29 is 5.11 Å². The summed E-state index contributed by atoms with van der Waals surface area (Å²) in [6.07, 6.45) is 0. The summed E-state index contributed by atoms with van der Waals surface area (Å²) in [6.45, 7) is 7.88. The van der Waals surface area contributed by atoms with Crippen LogP contribution in [-0.2, 0) is 0 Å². The lowest BCUT2D eigenvalue weighted by atomic mass is 10.2. The molecule has 0 saturated heterocycles. The molecule has 0 aliphatic heterocycles. The summed E-state index contributed by atoms with van der Waals surface area (Å²) < 4.78 is 0. The largest absolute Gasteiger partial charge is 0.395 e. The van der Waals surface area contributed by atoms with E-state index >= 15 is 0 Å². The predicted octanol–water partition coefficient (Wildman–Crippen LogP) is 0.0363. The quantitative estimate of drug-likeness (QED) is 0.597. The van der Waals surface area contributed by atoms with Gasteiger partial charge in [0.15, 0.2) is 0 Å². The van der Waals surface area contributed by atoms with Crippen molar-refractivity contribution in [2.24, 2.45) is 5.73 Å². The van der Waals surface area contributed by atoms with Crippen LogP contribution < -0.4 is 5.73 Å². The van der Waals surface area contributed by atoms with Gasteiger partial charge in [0, 0.05) is 25.2 Å². The molecule has 0 aliphatic carbocycles. The van der Waals surface area contributed by atoms with Crippen molar-refractivity contribution in [3.63, 3.8) is 0 Å². The molecular weight excluding hydrogens is 140 g/mol. The maximum atomic E-state index is 8.75. The molecule has 0 fully saturated rings. The standard InChI is InChI=1S/C8H20N2O/c1-7(2)10(4-5-11)8(3)6-9/h7-8,11H,4-6,9H2,1-3H3. The zero-order valence-corrected chi connectivity index (χ0v) is 7.75. The van der Waals surface area contributed by atoms with Crippen molar-refractivity contribution in [2.75, 3.05) is 19.7 Å². The Morgan fingerprint density at radius 2 is 1.91 bits per heavy atom. The summed E-state index contributed by atoms with van der Waals surface area (Å²) in [5.74, 6) is 0. The second-order valence-corrected chi connectivity index (χ2v) is 3.14. The normalized spacial score (nSPS) is 14.5. The molecule has 0 bridgehead atoms. The molecule has 0 aromatic rings. The van der Waals surface area contributed by atoms with E-state index in [2.05, 4.69) is 25.7 Å². The number of hydrogen-bond acceptors (Lipinski definition) is 3. The number of hydrogen-bond donors (Lipinski definition) is 2. The van der Waals surface area contributed by atoms with Crippen LogP contribution in [0.1, 0.15) is 20.8 Å². The third-order valence-corrected chi connectivity index (χ3v) is 1.93. The number of nitrogens with zero attached hydrogens (tertiary/aromatic N) is 1. The molecule has 0 saturated carbocycles. The third kappa shape index (κ3) is 3.70. The highest BCUT2D eigenvalue weighted by atomic mass is 16.3. The first-order chi connectivity index (χ1) is 5.13. The van der Waals surface area contributed by atoms with Crippen LogP contribution in [0.3, 0.4) is 0 Å². The third-order valence-electron chi connectivity index (χ3n) is 1.93. The fourth-order valence-corrected chi connectivity index (χ4v) is 1.24. The first-order valence-electron chi connectivity index (χ1n) is 4.20. The number of rotatable bonds is 5. The van der Waals surface area contributed by atoms with Crippen molar-refractivity contribution in [3.8, 4) is 0 Å². The Bertz CT molecular complexity index is 96.1. The van der Waals surface area contributed by atoms with Gasteiger partial charge in [-0.05, 0) is 20.8 Å². The van der Waals surface area contributed by atoms with E-state index in [9.17, 15) is 0 Å². The monoisotopic (exact) mass is 160 g/mol. The van der Waals surface area contributed by atoms with Gasteiger partial charge in [-0.15, -0.1) is 0 Å². The van der Waals surface area contributed by atoms with Gasteiger partial charge in [0.2, 0.25) is 0 Å². The van der Waals surface area contributed by atoms with E-state index in [0.717, 1.165) is 6.54 Å². The van der Waals surface area contributed by atoms with E-state index in [1.807, 2.05) is 0 Å². The summed E-state index contributed by atoms with van der Waals surface area (Å²) in [5, 5.41) is 8.75. The summed E-state index contributed by atoms with van der Waals surface area (Å²) in [5.41, 5.74) is 5.52. The van der Waals surface area contributed by atoms with Crippen molar-refractivity contribution >= 4 is 0 Å². The van der Waals surface area contributed by atoms with Crippen LogP contribution in [0.15, 0.2) is 0 Å².